The van der Waals surface area contributed by atoms with Crippen LogP contribution in [-0.4, -0.2) is 45.0 Å². The molecule has 0 radical (unpaired) electrons. The molecule has 1 atom stereocenters. The van der Waals surface area contributed by atoms with Crippen LogP contribution < -0.4 is 9.80 Å². The van der Waals surface area contributed by atoms with Gasteiger partial charge in [0.25, 0.3) is 0 Å². The summed E-state index contributed by atoms with van der Waals surface area (Å²) in [5.74, 6) is 0.784. The summed E-state index contributed by atoms with van der Waals surface area (Å²) >= 11 is 0. The number of carbonyl (C=O) groups is 1. The molecule has 1 saturated heterocycles. The van der Waals surface area contributed by atoms with Crippen molar-refractivity contribution in [2.24, 2.45) is 0 Å². The molecule has 0 unspecified atom stereocenters. The molecule has 2 aliphatic heterocycles. The Morgan fingerprint density at radius 3 is 2.82 bits per heavy atom. The minimum Gasteiger partial charge on any atom is -0.354 e. The molecule has 0 aliphatic carbocycles. The van der Waals surface area contributed by atoms with E-state index in [1.165, 1.54) is 4.68 Å². The van der Waals surface area contributed by atoms with Gasteiger partial charge < -0.3 is 4.90 Å². The molecule has 5 heterocycles. The number of anilines is 2. The normalized spacial score (nSPS) is 18.8. The lowest BCUT2D eigenvalue weighted by atomic mass is 10.1. The molecule has 3 aromatic rings. The smallest absolute Gasteiger partial charge is 0.349 e. The largest absolute Gasteiger partial charge is 0.354 e. The number of rotatable bonds is 3. The maximum atomic E-state index is 13.5. The molecule has 0 saturated carbocycles. The van der Waals surface area contributed by atoms with Gasteiger partial charge in [0.05, 0.1) is 36.4 Å². The number of amides is 1. The number of aromatic nitrogens is 4. The highest BCUT2D eigenvalue weighted by molar-refractivity contribution is 5.96. The first-order valence-corrected chi connectivity index (χ1v) is 9.28. The molecule has 1 fully saturated rings. The van der Waals surface area contributed by atoms with Crippen LogP contribution in [0.1, 0.15) is 17.8 Å². The molecular formula is C20H19FN6O. The molecule has 3 aromatic heterocycles. The number of pyridine rings is 2. The van der Waals surface area contributed by atoms with Crippen LogP contribution in [0.5, 0.6) is 0 Å². The molecule has 0 N–H and O–H groups in total. The van der Waals surface area contributed by atoms with Crippen molar-refractivity contribution in [3.63, 3.8) is 0 Å². The van der Waals surface area contributed by atoms with Crippen molar-refractivity contribution < 1.29 is 9.18 Å². The van der Waals surface area contributed by atoms with Crippen molar-refractivity contribution in [3.05, 3.63) is 54.1 Å². The maximum Gasteiger partial charge on any atom is 0.349 e. The second-order valence-electron chi connectivity index (χ2n) is 7.15. The summed E-state index contributed by atoms with van der Waals surface area (Å²) < 4.78 is 14.9. The number of carbonyl (C=O) groups excluding carboxylic acids is 1. The average Bonchev–Trinajstić information content (AvgIpc) is 3.39. The van der Waals surface area contributed by atoms with Crippen molar-refractivity contribution in [2.75, 3.05) is 22.9 Å². The molecule has 8 heteroatoms. The lowest BCUT2D eigenvalue weighted by molar-refractivity contribution is 0.248. The quantitative estimate of drug-likeness (QED) is 0.700. The van der Waals surface area contributed by atoms with Crippen LogP contribution in [0.4, 0.5) is 20.7 Å². The van der Waals surface area contributed by atoms with Crippen molar-refractivity contribution in [1.29, 1.82) is 0 Å². The number of nitrogens with zero attached hydrogens (tertiary/aromatic N) is 6. The van der Waals surface area contributed by atoms with Crippen molar-refractivity contribution in [1.82, 2.24) is 19.7 Å². The molecule has 1 amide bonds. The summed E-state index contributed by atoms with van der Waals surface area (Å²) in [6.07, 6.45) is 3.10. The first-order valence-electron chi connectivity index (χ1n) is 9.28. The summed E-state index contributed by atoms with van der Waals surface area (Å²) in [5, 5.41) is 4.51. The summed E-state index contributed by atoms with van der Waals surface area (Å²) in [6, 6.07) is 9.23. The Labute approximate surface area is 161 Å². The number of aryl methyl sites for hydroxylation is 1. The second kappa shape index (κ2) is 6.40. The van der Waals surface area contributed by atoms with Gasteiger partial charge in [0.2, 0.25) is 0 Å². The molecule has 5 rings (SSSR count). The molecule has 2 aliphatic rings. The van der Waals surface area contributed by atoms with Gasteiger partial charge in [0.1, 0.15) is 12.0 Å². The van der Waals surface area contributed by atoms with Gasteiger partial charge >= 0.3 is 6.03 Å². The number of halogens is 1. The molecule has 142 valence electrons. The van der Waals surface area contributed by atoms with E-state index in [2.05, 4.69) is 15.1 Å². The van der Waals surface area contributed by atoms with E-state index < -0.39 is 6.17 Å². The summed E-state index contributed by atoms with van der Waals surface area (Å²) in [5.41, 5.74) is 3.98. The van der Waals surface area contributed by atoms with E-state index in [1.807, 2.05) is 36.1 Å². The summed E-state index contributed by atoms with van der Waals surface area (Å²) in [7, 11) is 0. The minimum absolute atomic E-state index is 0.192. The highest BCUT2D eigenvalue weighted by Crippen LogP contribution is 2.30. The lowest BCUT2D eigenvalue weighted by Gasteiger charge is -2.17. The van der Waals surface area contributed by atoms with Crippen molar-refractivity contribution in [2.45, 2.75) is 26.1 Å². The van der Waals surface area contributed by atoms with E-state index in [1.54, 1.807) is 23.4 Å². The molecule has 0 aromatic carbocycles. The number of hydrogen-bond acceptors (Lipinski definition) is 5. The Morgan fingerprint density at radius 2 is 2.14 bits per heavy atom. The zero-order valence-electron chi connectivity index (χ0n) is 15.4. The van der Waals surface area contributed by atoms with Crippen LogP contribution in [0.2, 0.25) is 0 Å². The van der Waals surface area contributed by atoms with Crippen LogP contribution in [0.3, 0.4) is 0 Å². The third kappa shape index (κ3) is 2.72. The molecular weight excluding hydrogens is 359 g/mol. The predicted octanol–water partition coefficient (Wildman–Crippen LogP) is 3.19. The van der Waals surface area contributed by atoms with E-state index in [4.69, 9.17) is 0 Å². The molecule has 28 heavy (non-hydrogen) atoms. The third-order valence-electron chi connectivity index (χ3n) is 5.27. The standard InChI is InChI=1S/C20H19FN6O/c1-13-17(4-5-19(23-13)25-8-6-14(21)11-25)18-9-16-12-26(20(28)27(16)24-18)15-3-2-7-22-10-15/h2-5,7,9-10,14H,6,8,11-12H2,1H3/t14-/m0/s1. The Morgan fingerprint density at radius 1 is 1.25 bits per heavy atom. The Kier molecular flexibility index (Phi) is 3.85. The number of alkyl halides is 1. The van der Waals surface area contributed by atoms with Crippen LogP contribution in [0, 0.1) is 6.92 Å². The van der Waals surface area contributed by atoms with Crippen LogP contribution in [0.25, 0.3) is 11.3 Å². The zero-order valence-corrected chi connectivity index (χ0v) is 15.4. The topological polar surface area (TPSA) is 67.2 Å². The monoisotopic (exact) mass is 378 g/mol. The summed E-state index contributed by atoms with van der Waals surface area (Å²) in [4.78, 5) is 25.0. The molecule has 0 spiro atoms. The summed E-state index contributed by atoms with van der Waals surface area (Å²) in [6.45, 7) is 3.44. The first-order chi connectivity index (χ1) is 13.6. The number of hydrogen-bond donors (Lipinski definition) is 0. The average molecular weight is 378 g/mol. The fraction of sp³-hybridized carbons (Fsp3) is 0.300. The predicted molar refractivity (Wildman–Crippen MR) is 103 cm³/mol. The fourth-order valence-electron chi connectivity index (χ4n) is 3.81. The Hall–Kier alpha value is -3.29. The zero-order chi connectivity index (χ0) is 19.3. The highest BCUT2D eigenvalue weighted by atomic mass is 19.1. The first kappa shape index (κ1) is 16.9. The van der Waals surface area contributed by atoms with Gasteiger partial charge in [-0.05, 0) is 43.7 Å². The van der Waals surface area contributed by atoms with E-state index >= 15 is 0 Å². The lowest BCUT2D eigenvalue weighted by Crippen LogP contribution is -2.26. The molecule has 7 nitrogen and oxygen atoms in total. The van der Waals surface area contributed by atoms with Gasteiger partial charge in [0.15, 0.2) is 0 Å². The van der Waals surface area contributed by atoms with Crippen LogP contribution in [-0.2, 0) is 6.54 Å². The van der Waals surface area contributed by atoms with Gasteiger partial charge in [-0.1, -0.05) is 0 Å². The van der Waals surface area contributed by atoms with E-state index in [0.717, 1.165) is 34.2 Å². The Bertz CT molecular complexity index is 1050. The SMILES string of the molecule is Cc1nc(N2CC[C@H](F)C2)ccc1-c1cc2n(n1)C(=O)N(c1cccnc1)C2. The van der Waals surface area contributed by atoms with E-state index in [0.29, 0.717) is 26.1 Å². The van der Waals surface area contributed by atoms with Gasteiger partial charge in [-0.3, -0.25) is 9.88 Å². The van der Waals surface area contributed by atoms with Gasteiger partial charge in [0, 0.05) is 24.0 Å². The van der Waals surface area contributed by atoms with E-state index in [-0.39, 0.29) is 6.03 Å². The van der Waals surface area contributed by atoms with Gasteiger partial charge in [-0.25, -0.2) is 14.2 Å². The third-order valence-corrected chi connectivity index (χ3v) is 5.27. The van der Waals surface area contributed by atoms with Gasteiger partial charge in [-0.15, -0.1) is 0 Å². The maximum absolute atomic E-state index is 13.5. The molecule has 0 bridgehead atoms. The van der Waals surface area contributed by atoms with Crippen molar-refractivity contribution >= 4 is 17.5 Å². The fourth-order valence-corrected chi connectivity index (χ4v) is 3.81. The second-order valence-corrected chi connectivity index (χ2v) is 7.15. The highest BCUT2D eigenvalue weighted by Gasteiger charge is 2.31. The van der Waals surface area contributed by atoms with Crippen molar-refractivity contribution in [3.8, 4) is 11.3 Å². The number of fused-ring (bicyclic) bond motifs is 1. The van der Waals surface area contributed by atoms with Crippen LogP contribution >= 0.6 is 0 Å². The van der Waals surface area contributed by atoms with Crippen LogP contribution in [0.15, 0.2) is 42.7 Å². The minimum atomic E-state index is -0.785. The van der Waals surface area contributed by atoms with Gasteiger partial charge in [-0.2, -0.15) is 9.78 Å². The van der Waals surface area contributed by atoms with E-state index in [9.17, 15) is 9.18 Å². The Balaban J connectivity index is 1.41.